The van der Waals surface area contributed by atoms with Crippen molar-refractivity contribution in [3.63, 3.8) is 0 Å². The van der Waals surface area contributed by atoms with Crippen molar-refractivity contribution in [3.8, 4) is 0 Å². The first-order valence-electron chi connectivity index (χ1n) is 9.86. The van der Waals surface area contributed by atoms with E-state index in [1.54, 1.807) is 0 Å². The molecule has 0 aliphatic heterocycles. The first kappa shape index (κ1) is 16.8. The standard InChI is InChI=1S/C27H23N/c1-28-22-16-18-24-23-14-8-9-15-25(23)27(26(24)19-17-22,20-10-4-2-5-11-20)21-12-6-3-7-13-21/h2-18,28H,19H2,1H3. The Balaban J connectivity index is 1.89. The van der Waals surface area contributed by atoms with Crippen LogP contribution in [0.3, 0.4) is 0 Å². The smallest absolute Gasteiger partial charge is 0.0679 e. The summed E-state index contributed by atoms with van der Waals surface area (Å²) in [4.78, 5) is 0. The second-order valence-electron chi connectivity index (χ2n) is 7.37. The van der Waals surface area contributed by atoms with Crippen molar-refractivity contribution in [2.24, 2.45) is 0 Å². The predicted octanol–water partition coefficient (Wildman–Crippen LogP) is 5.85. The van der Waals surface area contributed by atoms with Crippen LogP contribution in [0.1, 0.15) is 28.7 Å². The van der Waals surface area contributed by atoms with Crippen molar-refractivity contribution in [1.29, 1.82) is 0 Å². The maximum Gasteiger partial charge on any atom is 0.0679 e. The van der Waals surface area contributed by atoms with Crippen LogP contribution in [0.4, 0.5) is 0 Å². The van der Waals surface area contributed by atoms with E-state index >= 15 is 0 Å². The summed E-state index contributed by atoms with van der Waals surface area (Å²) >= 11 is 0. The molecule has 1 N–H and O–H groups in total. The molecule has 3 aromatic rings. The van der Waals surface area contributed by atoms with Gasteiger partial charge in [-0.15, -0.1) is 0 Å². The first-order valence-corrected chi connectivity index (χ1v) is 9.86. The summed E-state index contributed by atoms with van der Waals surface area (Å²) in [7, 11) is 1.99. The molecule has 0 spiro atoms. The van der Waals surface area contributed by atoms with E-state index in [1.807, 2.05) is 7.05 Å². The minimum absolute atomic E-state index is 0.265. The summed E-state index contributed by atoms with van der Waals surface area (Å²) in [6.45, 7) is 0. The fraction of sp³-hybridized carbons (Fsp3) is 0.111. The van der Waals surface area contributed by atoms with Crippen LogP contribution < -0.4 is 5.32 Å². The van der Waals surface area contributed by atoms with Gasteiger partial charge in [0.25, 0.3) is 0 Å². The minimum Gasteiger partial charge on any atom is -0.388 e. The Morgan fingerprint density at radius 2 is 1.32 bits per heavy atom. The molecule has 0 radical (unpaired) electrons. The highest BCUT2D eigenvalue weighted by atomic mass is 14.8. The zero-order chi connectivity index (χ0) is 19.0. The van der Waals surface area contributed by atoms with E-state index in [0.29, 0.717) is 0 Å². The zero-order valence-electron chi connectivity index (χ0n) is 16.0. The van der Waals surface area contributed by atoms with Crippen molar-refractivity contribution in [2.45, 2.75) is 11.8 Å². The molecule has 2 aliphatic carbocycles. The number of likely N-dealkylation sites (N-methyl/N-ethyl adjacent to an activating group) is 1. The Bertz CT molecular complexity index is 1060. The van der Waals surface area contributed by atoms with Gasteiger partial charge in [0.1, 0.15) is 0 Å². The average Bonchev–Trinajstić information content (AvgIpc) is 2.89. The van der Waals surface area contributed by atoms with Crippen molar-refractivity contribution < 1.29 is 0 Å². The summed E-state index contributed by atoms with van der Waals surface area (Å²) in [5, 5.41) is 3.31. The minimum atomic E-state index is -0.265. The third-order valence-corrected chi connectivity index (χ3v) is 6.06. The van der Waals surface area contributed by atoms with Gasteiger partial charge in [-0.05, 0) is 45.9 Å². The molecule has 2 aliphatic rings. The summed E-state index contributed by atoms with van der Waals surface area (Å²) in [5.41, 5.74) is 9.08. The molecule has 0 atom stereocenters. The zero-order valence-corrected chi connectivity index (χ0v) is 16.0. The van der Waals surface area contributed by atoms with Gasteiger partial charge in [-0.3, -0.25) is 0 Å². The van der Waals surface area contributed by atoms with Gasteiger partial charge in [0.15, 0.2) is 0 Å². The van der Waals surface area contributed by atoms with Crippen LogP contribution in [0, 0.1) is 0 Å². The Morgan fingerprint density at radius 3 is 1.96 bits per heavy atom. The third-order valence-electron chi connectivity index (χ3n) is 6.06. The lowest BCUT2D eigenvalue weighted by Crippen LogP contribution is -2.29. The highest BCUT2D eigenvalue weighted by Crippen LogP contribution is 2.56. The van der Waals surface area contributed by atoms with Crippen LogP contribution >= 0.6 is 0 Å². The molecule has 0 saturated heterocycles. The van der Waals surface area contributed by atoms with E-state index in [2.05, 4.69) is 108 Å². The highest BCUT2D eigenvalue weighted by molar-refractivity contribution is 5.90. The van der Waals surface area contributed by atoms with Crippen LogP contribution in [0.25, 0.3) is 5.57 Å². The molecule has 0 unspecified atom stereocenters. The van der Waals surface area contributed by atoms with Gasteiger partial charge in [-0.1, -0.05) is 97.1 Å². The Labute approximate surface area is 166 Å². The first-order chi connectivity index (χ1) is 13.9. The number of nitrogens with one attached hydrogen (secondary N) is 1. The summed E-state index contributed by atoms with van der Waals surface area (Å²) in [6.07, 6.45) is 7.71. The van der Waals surface area contributed by atoms with Crippen molar-refractivity contribution in [3.05, 3.63) is 137 Å². The second-order valence-corrected chi connectivity index (χ2v) is 7.37. The number of fused-ring (bicyclic) bond motifs is 2. The van der Waals surface area contributed by atoms with Gasteiger partial charge in [-0.25, -0.2) is 0 Å². The van der Waals surface area contributed by atoms with Gasteiger partial charge in [-0.2, -0.15) is 0 Å². The average molecular weight is 361 g/mol. The van der Waals surface area contributed by atoms with E-state index in [-0.39, 0.29) is 5.41 Å². The topological polar surface area (TPSA) is 12.0 Å². The molecule has 136 valence electrons. The third kappa shape index (κ3) is 2.33. The molecular weight excluding hydrogens is 338 g/mol. The fourth-order valence-electron chi connectivity index (χ4n) is 4.87. The fourth-order valence-corrected chi connectivity index (χ4v) is 4.87. The lowest BCUT2D eigenvalue weighted by Gasteiger charge is -2.35. The van der Waals surface area contributed by atoms with Crippen molar-refractivity contribution in [2.75, 3.05) is 7.05 Å². The van der Waals surface area contributed by atoms with Gasteiger partial charge < -0.3 is 5.32 Å². The molecule has 0 amide bonds. The molecule has 3 aromatic carbocycles. The molecule has 28 heavy (non-hydrogen) atoms. The number of hydrogen-bond acceptors (Lipinski definition) is 1. The second kappa shape index (κ2) is 6.69. The Kier molecular flexibility index (Phi) is 4.02. The van der Waals surface area contributed by atoms with Gasteiger partial charge in [0.2, 0.25) is 0 Å². The molecule has 0 fully saturated rings. The van der Waals surface area contributed by atoms with E-state index in [0.717, 1.165) is 6.42 Å². The van der Waals surface area contributed by atoms with Crippen LogP contribution in [0.2, 0.25) is 0 Å². The summed E-state index contributed by atoms with van der Waals surface area (Å²) in [5.74, 6) is 0. The maximum absolute atomic E-state index is 3.31. The van der Waals surface area contributed by atoms with Crippen molar-refractivity contribution in [1.82, 2.24) is 5.32 Å². The Morgan fingerprint density at radius 1 is 0.714 bits per heavy atom. The molecule has 0 heterocycles. The number of benzene rings is 3. The lowest BCUT2D eigenvalue weighted by atomic mass is 9.66. The molecule has 5 rings (SSSR count). The molecule has 1 nitrogen and oxygen atoms in total. The van der Waals surface area contributed by atoms with Crippen LogP contribution in [-0.4, -0.2) is 7.05 Å². The summed E-state index contributed by atoms with van der Waals surface area (Å²) in [6, 6.07) is 30.8. The van der Waals surface area contributed by atoms with Crippen molar-refractivity contribution >= 4 is 5.57 Å². The van der Waals surface area contributed by atoms with Gasteiger partial charge >= 0.3 is 0 Å². The van der Waals surface area contributed by atoms with Crippen LogP contribution in [0.15, 0.2) is 114 Å². The summed E-state index contributed by atoms with van der Waals surface area (Å²) < 4.78 is 0. The van der Waals surface area contributed by atoms with E-state index < -0.39 is 0 Å². The van der Waals surface area contributed by atoms with Crippen LogP contribution in [-0.2, 0) is 5.41 Å². The maximum atomic E-state index is 3.31. The number of rotatable bonds is 3. The Hall–Kier alpha value is -3.32. The lowest BCUT2D eigenvalue weighted by molar-refractivity contribution is 0.724. The van der Waals surface area contributed by atoms with E-state index in [9.17, 15) is 0 Å². The molecular formula is C27H23N. The molecule has 0 bridgehead atoms. The monoisotopic (exact) mass is 361 g/mol. The number of allylic oxidation sites excluding steroid dienone is 5. The normalized spacial score (nSPS) is 16.8. The molecule has 1 heteroatoms. The van der Waals surface area contributed by atoms with Gasteiger partial charge in [0.05, 0.1) is 5.41 Å². The molecule has 0 aromatic heterocycles. The SMILES string of the molecule is CNC1=CCC2=C(C=C1)c1ccccc1C2(c1ccccc1)c1ccccc1. The quantitative estimate of drug-likeness (QED) is 0.617. The predicted molar refractivity (Wildman–Crippen MR) is 117 cm³/mol. The van der Waals surface area contributed by atoms with Crippen LogP contribution in [0.5, 0.6) is 0 Å². The highest BCUT2D eigenvalue weighted by Gasteiger charge is 2.46. The number of hydrogen-bond donors (Lipinski definition) is 1. The van der Waals surface area contributed by atoms with E-state index in [4.69, 9.17) is 0 Å². The largest absolute Gasteiger partial charge is 0.388 e. The van der Waals surface area contributed by atoms with Gasteiger partial charge in [0, 0.05) is 12.7 Å². The molecule has 0 saturated carbocycles. The van der Waals surface area contributed by atoms with E-state index in [1.165, 1.54) is 39.1 Å².